The zero-order chi connectivity index (χ0) is 20.1. The molecule has 4 rings (SSSR count). The second kappa shape index (κ2) is 8.89. The van der Waals surface area contributed by atoms with Crippen LogP contribution in [-0.4, -0.2) is 26.8 Å². The van der Waals surface area contributed by atoms with Gasteiger partial charge in [0, 0.05) is 27.9 Å². The number of rotatable bonds is 6. The van der Waals surface area contributed by atoms with E-state index in [9.17, 15) is 4.79 Å². The van der Waals surface area contributed by atoms with Crippen LogP contribution in [0.1, 0.15) is 0 Å². The standard InChI is InChI=1S/C21H15ClN4O2S/c22-15-5-7-16(8-6-15)29-13-19(27)24-18-4-2-1-3-17(18)21-25-20(26-28-21)14-9-11-23-12-10-14/h1-12H,13H2,(H,24,27). The van der Waals surface area contributed by atoms with Gasteiger partial charge in [-0.25, -0.2) is 0 Å². The molecule has 1 N–H and O–H groups in total. The lowest BCUT2D eigenvalue weighted by atomic mass is 10.1. The molecular weight excluding hydrogens is 408 g/mol. The number of nitrogens with one attached hydrogen (secondary N) is 1. The van der Waals surface area contributed by atoms with Gasteiger partial charge in [0.2, 0.25) is 11.7 Å². The number of pyridine rings is 1. The molecule has 0 bridgehead atoms. The van der Waals surface area contributed by atoms with Crippen molar-refractivity contribution in [3.63, 3.8) is 0 Å². The fraction of sp³-hybridized carbons (Fsp3) is 0.0476. The lowest BCUT2D eigenvalue weighted by Gasteiger charge is -2.08. The van der Waals surface area contributed by atoms with E-state index in [1.54, 1.807) is 42.7 Å². The SMILES string of the molecule is O=C(CSc1ccc(Cl)cc1)Nc1ccccc1-c1nc(-c2ccncc2)no1. The Morgan fingerprint density at radius 2 is 1.79 bits per heavy atom. The van der Waals surface area contributed by atoms with Gasteiger partial charge in [-0.15, -0.1) is 11.8 Å². The lowest BCUT2D eigenvalue weighted by molar-refractivity contribution is -0.113. The van der Waals surface area contributed by atoms with E-state index < -0.39 is 0 Å². The molecule has 144 valence electrons. The Morgan fingerprint density at radius 3 is 2.59 bits per heavy atom. The summed E-state index contributed by atoms with van der Waals surface area (Å²) in [6.45, 7) is 0. The highest BCUT2D eigenvalue weighted by Gasteiger charge is 2.15. The maximum absolute atomic E-state index is 12.4. The third-order valence-electron chi connectivity index (χ3n) is 3.98. The van der Waals surface area contributed by atoms with Crippen molar-refractivity contribution in [2.24, 2.45) is 0 Å². The first kappa shape index (κ1) is 19.2. The van der Waals surface area contributed by atoms with E-state index in [0.29, 0.717) is 28.0 Å². The van der Waals surface area contributed by atoms with Gasteiger partial charge < -0.3 is 9.84 Å². The molecule has 0 aliphatic carbocycles. The van der Waals surface area contributed by atoms with E-state index in [0.717, 1.165) is 10.5 Å². The summed E-state index contributed by atoms with van der Waals surface area (Å²) in [5.74, 6) is 0.924. The highest BCUT2D eigenvalue weighted by Crippen LogP contribution is 2.29. The predicted molar refractivity (Wildman–Crippen MR) is 114 cm³/mol. The number of para-hydroxylation sites is 1. The molecule has 0 radical (unpaired) electrons. The summed E-state index contributed by atoms with van der Waals surface area (Å²) in [7, 11) is 0. The van der Waals surface area contributed by atoms with Crippen molar-refractivity contribution in [1.82, 2.24) is 15.1 Å². The fourth-order valence-electron chi connectivity index (χ4n) is 2.60. The molecule has 1 amide bonds. The van der Waals surface area contributed by atoms with Gasteiger partial charge in [-0.2, -0.15) is 4.98 Å². The van der Waals surface area contributed by atoms with Crippen LogP contribution in [0.5, 0.6) is 0 Å². The largest absolute Gasteiger partial charge is 0.334 e. The number of carbonyl (C=O) groups is 1. The molecule has 0 fully saturated rings. The topological polar surface area (TPSA) is 80.9 Å². The van der Waals surface area contributed by atoms with E-state index in [2.05, 4.69) is 20.4 Å². The van der Waals surface area contributed by atoms with Crippen LogP contribution in [0.3, 0.4) is 0 Å². The van der Waals surface area contributed by atoms with Crippen LogP contribution in [-0.2, 0) is 4.79 Å². The molecular formula is C21H15ClN4O2S. The third kappa shape index (κ3) is 4.82. The fourth-order valence-corrected chi connectivity index (χ4v) is 3.42. The summed E-state index contributed by atoms with van der Waals surface area (Å²) in [6, 6.07) is 18.3. The average molecular weight is 423 g/mol. The van der Waals surface area contributed by atoms with Crippen molar-refractivity contribution in [2.75, 3.05) is 11.1 Å². The van der Waals surface area contributed by atoms with E-state index >= 15 is 0 Å². The number of hydrogen-bond acceptors (Lipinski definition) is 6. The van der Waals surface area contributed by atoms with Crippen molar-refractivity contribution in [3.05, 3.63) is 78.1 Å². The van der Waals surface area contributed by atoms with Gasteiger partial charge in [0.25, 0.3) is 5.89 Å². The number of aromatic nitrogens is 3. The lowest BCUT2D eigenvalue weighted by Crippen LogP contribution is -2.14. The molecule has 0 saturated heterocycles. The van der Waals surface area contributed by atoms with E-state index in [1.807, 2.05) is 30.3 Å². The van der Waals surface area contributed by atoms with Gasteiger partial charge in [-0.1, -0.05) is 28.9 Å². The van der Waals surface area contributed by atoms with Crippen molar-refractivity contribution < 1.29 is 9.32 Å². The summed E-state index contributed by atoms with van der Waals surface area (Å²) < 4.78 is 5.42. The van der Waals surface area contributed by atoms with Crippen LogP contribution < -0.4 is 5.32 Å². The Labute approximate surface area is 176 Å². The predicted octanol–water partition coefficient (Wildman–Crippen LogP) is 5.18. The molecule has 0 unspecified atom stereocenters. The molecule has 0 spiro atoms. The Kier molecular flexibility index (Phi) is 5.88. The van der Waals surface area contributed by atoms with Crippen molar-refractivity contribution in [2.45, 2.75) is 4.90 Å². The zero-order valence-electron chi connectivity index (χ0n) is 15.1. The summed E-state index contributed by atoms with van der Waals surface area (Å²) in [6.07, 6.45) is 3.33. The molecule has 0 aliphatic heterocycles. The minimum atomic E-state index is -0.133. The Balaban J connectivity index is 1.48. The number of carbonyl (C=O) groups excluding carboxylic acids is 1. The number of nitrogens with zero attached hydrogens (tertiary/aromatic N) is 3. The van der Waals surface area contributed by atoms with Crippen LogP contribution in [0.4, 0.5) is 5.69 Å². The molecule has 2 heterocycles. The molecule has 4 aromatic rings. The number of anilines is 1. The number of thioether (sulfide) groups is 1. The van der Waals surface area contributed by atoms with Crippen LogP contribution in [0.15, 0.2) is 82.5 Å². The summed E-state index contributed by atoms with van der Waals surface area (Å²) >= 11 is 7.32. The average Bonchev–Trinajstić information content (AvgIpc) is 3.24. The van der Waals surface area contributed by atoms with Crippen molar-refractivity contribution >= 4 is 35.0 Å². The molecule has 0 aliphatic rings. The second-order valence-corrected chi connectivity index (χ2v) is 7.48. The van der Waals surface area contributed by atoms with Gasteiger partial charge >= 0.3 is 0 Å². The molecule has 2 aromatic carbocycles. The van der Waals surface area contributed by atoms with Gasteiger partial charge in [-0.05, 0) is 48.5 Å². The number of hydrogen-bond donors (Lipinski definition) is 1. The minimum Gasteiger partial charge on any atom is -0.334 e. The summed E-state index contributed by atoms with van der Waals surface area (Å²) in [5.41, 5.74) is 2.07. The summed E-state index contributed by atoms with van der Waals surface area (Å²) in [4.78, 5) is 21.8. The van der Waals surface area contributed by atoms with Crippen LogP contribution >= 0.6 is 23.4 Å². The van der Waals surface area contributed by atoms with Crippen LogP contribution in [0.25, 0.3) is 22.8 Å². The van der Waals surface area contributed by atoms with Crippen LogP contribution in [0, 0.1) is 0 Å². The molecule has 29 heavy (non-hydrogen) atoms. The van der Waals surface area contributed by atoms with Gasteiger partial charge in [0.15, 0.2) is 0 Å². The normalized spacial score (nSPS) is 10.7. The smallest absolute Gasteiger partial charge is 0.260 e. The third-order valence-corrected chi connectivity index (χ3v) is 5.24. The van der Waals surface area contributed by atoms with Gasteiger partial charge in [0.1, 0.15) is 0 Å². The maximum Gasteiger partial charge on any atom is 0.260 e. The van der Waals surface area contributed by atoms with Crippen molar-refractivity contribution in [3.8, 4) is 22.8 Å². The highest BCUT2D eigenvalue weighted by atomic mass is 35.5. The highest BCUT2D eigenvalue weighted by molar-refractivity contribution is 8.00. The first-order chi connectivity index (χ1) is 14.2. The molecule has 2 aromatic heterocycles. The van der Waals surface area contributed by atoms with Crippen LogP contribution in [0.2, 0.25) is 5.02 Å². The number of amides is 1. The molecule has 8 heteroatoms. The van der Waals surface area contributed by atoms with Gasteiger partial charge in [-0.3, -0.25) is 9.78 Å². The first-order valence-electron chi connectivity index (χ1n) is 8.71. The maximum atomic E-state index is 12.4. The Bertz CT molecular complexity index is 1120. The minimum absolute atomic E-state index is 0.133. The zero-order valence-corrected chi connectivity index (χ0v) is 16.7. The van der Waals surface area contributed by atoms with E-state index in [1.165, 1.54) is 11.8 Å². The Morgan fingerprint density at radius 1 is 1.03 bits per heavy atom. The van der Waals surface area contributed by atoms with Crippen molar-refractivity contribution in [1.29, 1.82) is 0 Å². The summed E-state index contributed by atoms with van der Waals surface area (Å²) in [5, 5.41) is 7.61. The second-order valence-electron chi connectivity index (χ2n) is 6.00. The molecule has 0 atom stereocenters. The first-order valence-corrected chi connectivity index (χ1v) is 10.1. The number of halogens is 1. The molecule has 6 nitrogen and oxygen atoms in total. The monoisotopic (exact) mass is 422 g/mol. The van der Waals surface area contributed by atoms with E-state index in [-0.39, 0.29) is 11.7 Å². The quantitative estimate of drug-likeness (QED) is 0.431. The number of benzene rings is 2. The molecule has 0 saturated carbocycles. The van der Waals surface area contributed by atoms with E-state index in [4.69, 9.17) is 16.1 Å². The van der Waals surface area contributed by atoms with Gasteiger partial charge in [0.05, 0.1) is 17.0 Å². The Hall–Kier alpha value is -3.16.